The third-order valence-corrected chi connectivity index (χ3v) is 5.16. The summed E-state index contributed by atoms with van der Waals surface area (Å²) >= 11 is 0. The second-order valence-electron chi connectivity index (χ2n) is 7.15. The van der Waals surface area contributed by atoms with Crippen molar-refractivity contribution in [1.82, 2.24) is 25.2 Å². The van der Waals surface area contributed by atoms with Gasteiger partial charge in [0.1, 0.15) is 12.6 Å². The van der Waals surface area contributed by atoms with Gasteiger partial charge in [-0.25, -0.2) is 4.99 Å². The van der Waals surface area contributed by atoms with E-state index < -0.39 is 0 Å². The monoisotopic (exact) mass is 388 g/mol. The lowest BCUT2D eigenvalue weighted by Gasteiger charge is -2.34. The molecule has 1 aliphatic heterocycles. The average molecular weight is 389 g/mol. The molecular weight excluding hydrogens is 356 g/mol. The molecule has 0 radical (unpaired) electrons. The number of morpholine rings is 1. The Morgan fingerprint density at radius 2 is 2.18 bits per heavy atom. The maximum atomic E-state index is 5.95. The van der Waals surface area contributed by atoms with E-state index in [1.54, 1.807) is 4.68 Å². The van der Waals surface area contributed by atoms with Crippen LogP contribution in [0.5, 0.6) is 0 Å². The van der Waals surface area contributed by atoms with E-state index in [0.717, 1.165) is 55.5 Å². The summed E-state index contributed by atoms with van der Waals surface area (Å²) in [5.41, 5.74) is 2.12. The van der Waals surface area contributed by atoms with Crippen LogP contribution in [0.3, 0.4) is 0 Å². The number of hydrogen-bond donors (Lipinski definition) is 1. The molecule has 8 nitrogen and oxygen atoms in total. The van der Waals surface area contributed by atoms with Gasteiger partial charge in [-0.05, 0) is 19.8 Å². The van der Waals surface area contributed by atoms with Gasteiger partial charge < -0.3 is 19.5 Å². The fraction of sp³-hybridized carbons (Fsp3) is 0.650. The molecule has 0 bridgehead atoms. The van der Waals surface area contributed by atoms with E-state index in [1.807, 2.05) is 25.5 Å². The SMILES string of the molecule is CCNC(=NCc1cc(C(CC)CC)no1)N1CCOC(c2cnn(C)c2)C1. The fourth-order valence-electron chi connectivity index (χ4n) is 3.53. The lowest BCUT2D eigenvalue weighted by Crippen LogP contribution is -2.48. The van der Waals surface area contributed by atoms with Gasteiger partial charge in [-0.15, -0.1) is 0 Å². The average Bonchev–Trinajstić information content (AvgIpc) is 3.36. The Kier molecular flexibility index (Phi) is 7.08. The Bertz CT molecular complexity index is 764. The first kappa shape index (κ1) is 20.4. The Labute approximate surface area is 166 Å². The van der Waals surface area contributed by atoms with Gasteiger partial charge in [0.15, 0.2) is 11.7 Å². The Balaban J connectivity index is 1.68. The van der Waals surface area contributed by atoms with Crippen LogP contribution in [0, 0.1) is 0 Å². The maximum Gasteiger partial charge on any atom is 0.194 e. The van der Waals surface area contributed by atoms with E-state index in [9.17, 15) is 0 Å². The summed E-state index contributed by atoms with van der Waals surface area (Å²) in [6.07, 6.45) is 6.01. The van der Waals surface area contributed by atoms with Gasteiger partial charge in [-0.1, -0.05) is 19.0 Å². The van der Waals surface area contributed by atoms with Gasteiger partial charge in [0.25, 0.3) is 0 Å². The summed E-state index contributed by atoms with van der Waals surface area (Å²) in [4.78, 5) is 7.03. The smallest absolute Gasteiger partial charge is 0.194 e. The first-order valence-electron chi connectivity index (χ1n) is 10.2. The summed E-state index contributed by atoms with van der Waals surface area (Å²) in [7, 11) is 1.92. The predicted octanol–water partition coefficient (Wildman–Crippen LogP) is 2.85. The molecule has 1 aliphatic rings. The minimum Gasteiger partial charge on any atom is -0.370 e. The number of guanidine groups is 1. The van der Waals surface area contributed by atoms with Crippen molar-refractivity contribution in [2.24, 2.45) is 12.0 Å². The molecule has 0 saturated carbocycles. The van der Waals surface area contributed by atoms with Crippen LogP contribution in [0.15, 0.2) is 28.0 Å². The summed E-state index contributed by atoms with van der Waals surface area (Å²) in [6, 6.07) is 2.04. The van der Waals surface area contributed by atoms with E-state index >= 15 is 0 Å². The topological polar surface area (TPSA) is 80.7 Å². The summed E-state index contributed by atoms with van der Waals surface area (Å²) in [5.74, 6) is 2.13. The van der Waals surface area contributed by atoms with Crippen molar-refractivity contribution >= 4 is 5.96 Å². The highest BCUT2D eigenvalue weighted by molar-refractivity contribution is 5.80. The number of nitrogens with zero attached hydrogens (tertiary/aromatic N) is 5. The van der Waals surface area contributed by atoms with Crippen LogP contribution >= 0.6 is 0 Å². The molecule has 1 unspecified atom stereocenters. The van der Waals surface area contributed by atoms with Crippen molar-refractivity contribution in [3.63, 3.8) is 0 Å². The number of ether oxygens (including phenoxy) is 1. The minimum absolute atomic E-state index is 0.00180. The molecule has 2 aromatic rings. The lowest BCUT2D eigenvalue weighted by atomic mass is 9.99. The molecule has 8 heteroatoms. The van der Waals surface area contributed by atoms with Gasteiger partial charge in [0, 0.05) is 43.9 Å². The first-order valence-corrected chi connectivity index (χ1v) is 10.2. The van der Waals surface area contributed by atoms with Crippen LogP contribution in [0.1, 0.15) is 62.7 Å². The molecule has 0 amide bonds. The molecule has 1 saturated heterocycles. The Morgan fingerprint density at radius 3 is 2.86 bits per heavy atom. The van der Waals surface area contributed by atoms with E-state index in [2.05, 4.69) is 41.2 Å². The number of hydrogen-bond acceptors (Lipinski definition) is 5. The number of aromatic nitrogens is 3. The van der Waals surface area contributed by atoms with Gasteiger partial charge >= 0.3 is 0 Å². The molecule has 28 heavy (non-hydrogen) atoms. The number of aryl methyl sites for hydroxylation is 1. The predicted molar refractivity (Wildman–Crippen MR) is 108 cm³/mol. The third kappa shape index (κ3) is 4.92. The van der Waals surface area contributed by atoms with Crippen molar-refractivity contribution in [2.75, 3.05) is 26.2 Å². The normalized spacial score (nSPS) is 18.1. The highest BCUT2D eigenvalue weighted by Crippen LogP contribution is 2.23. The summed E-state index contributed by atoms with van der Waals surface area (Å²) < 4.78 is 13.3. The summed E-state index contributed by atoms with van der Waals surface area (Å²) in [6.45, 7) is 9.93. The second kappa shape index (κ2) is 9.73. The highest BCUT2D eigenvalue weighted by atomic mass is 16.5. The van der Waals surface area contributed by atoms with Crippen LogP contribution < -0.4 is 5.32 Å². The van der Waals surface area contributed by atoms with Gasteiger partial charge in [0.2, 0.25) is 0 Å². The van der Waals surface area contributed by atoms with Gasteiger partial charge in [0.05, 0.1) is 25.0 Å². The highest BCUT2D eigenvalue weighted by Gasteiger charge is 2.25. The quantitative estimate of drug-likeness (QED) is 0.580. The van der Waals surface area contributed by atoms with Crippen LogP contribution in [0.25, 0.3) is 0 Å². The zero-order valence-corrected chi connectivity index (χ0v) is 17.4. The Morgan fingerprint density at radius 1 is 1.36 bits per heavy atom. The minimum atomic E-state index is -0.00180. The molecule has 0 aliphatic carbocycles. The number of nitrogens with one attached hydrogen (secondary N) is 1. The van der Waals surface area contributed by atoms with Crippen molar-refractivity contribution in [3.05, 3.63) is 35.5 Å². The number of aliphatic imine (C=N–C) groups is 1. The van der Waals surface area contributed by atoms with Gasteiger partial charge in [-0.2, -0.15) is 5.10 Å². The van der Waals surface area contributed by atoms with Crippen LogP contribution in [-0.2, 0) is 18.3 Å². The largest absolute Gasteiger partial charge is 0.370 e. The van der Waals surface area contributed by atoms with Crippen molar-refractivity contribution in [2.45, 2.75) is 52.2 Å². The molecule has 1 atom stereocenters. The molecule has 154 valence electrons. The first-order chi connectivity index (χ1) is 13.6. The van der Waals surface area contributed by atoms with E-state index in [1.165, 1.54) is 0 Å². The molecule has 1 N–H and O–H groups in total. The zero-order valence-electron chi connectivity index (χ0n) is 17.4. The summed E-state index contributed by atoms with van der Waals surface area (Å²) in [5, 5.41) is 11.9. The van der Waals surface area contributed by atoms with Crippen molar-refractivity contribution in [3.8, 4) is 0 Å². The lowest BCUT2D eigenvalue weighted by molar-refractivity contribution is -0.00806. The third-order valence-electron chi connectivity index (χ3n) is 5.16. The second-order valence-corrected chi connectivity index (χ2v) is 7.15. The number of rotatable bonds is 7. The molecule has 0 aromatic carbocycles. The Hall–Kier alpha value is -2.35. The van der Waals surface area contributed by atoms with Crippen molar-refractivity contribution < 1.29 is 9.26 Å². The van der Waals surface area contributed by atoms with Gasteiger partial charge in [-0.3, -0.25) is 4.68 Å². The fourth-order valence-corrected chi connectivity index (χ4v) is 3.53. The standard InChI is InChI=1S/C20H32N6O2/c1-5-15(6-2)18-10-17(28-24-18)12-22-20(21-7-3)26-8-9-27-19(14-26)16-11-23-25(4)13-16/h10-11,13,15,19H,5-9,12,14H2,1-4H3,(H,21,22). The van der Waals surface area contributed by atoms with E-state index in [-0.39, 0.29) is 6.10 Å². The van der Waals surface area contributed by atoms with E-state index in [0.29, 0.717) is 19.1 Å². The van der Waals surface area contributed by atoms with E-state index in [4.69, 9.17) is 14.3 Å². The molecule has 3 rings (SSSR count). The molecule has 0 spiro atoms. The molecule has 1 fully saturated rings. The molecule has 2 aromatic heterocycles. The van der Waals surface area contributed by atoms with Crippen LogP contribution in [-0.4, -0.2) is 52.0 Å². The maximum absolute atomic E-state index is 5.95. The van der Waals surface area contributed by atoms with Crippen LogP contribution in [0.4, 0.5) is 0 Å². The zero-order chi connectivity index (χ0) is 19.9. The molecular formula is C20H32N6O2. The van der Waals surface area contributed by atoms with Crippen molar-refractivity contribution in [1.29, 1.82) is 0 Å². The molecule has 3 heterocycles. The van der Waals surface area contributed by atoms with Crippen LogP contribution in [0.2, 0.25) is 0 Å².